The SMILES string of the molecule is COC(=O)[C@H](CO)NC(=O)c1c(Cl)ncnc1Nc1ccc(Oc2ccc3c(c2)ncn3C)c(C)c1. The number of carbonyl (C=O) groups is 2. The van der Waals surface area contributed by atoms with Gasteiger partial charge in [-0.2, -0.15) is 0 Å². The van der Waals surface area contributed by atoms with Crippen molar-refractivity contribution in [3.05, 3.63) is 65.3 Å². The number of anilines is 2. The van der Waals surface area contributed by atoms with Crippen LogP contribution in [0.25, 0.3) is 11.0 Å². The number of methoxy groups -OCH3 is 1. The van der Waals surface area contributed by atoms with E-state index in [4.69, 9.17) is 16.3 Å². The fourth-order valence-corrected chi connectivity index (χ4v) is 3.72. The largest absolute Gasteiger partial charge is 0.467 e. The Labute approximate surface area is 211 Å². The summed E-state index contributed by atoms with van der Waals surface area (Å²) < 4.78 is 12.6. The molecule has 36 heavy (non-hydrogen) atoms. The zero-order valence-corrected chi connectivity index (χ0v) is 20.4. The number of aliphatic hydroxyl groups is 1. The van der Waals surface area contributed by atoms with Crippen LogP contribution in [0.15, 0.2) is 49.1 Å². The highest BCUT2D eigenvalue weighted by atomic mass is 35.5. The van der Waals surface area contributed by atoms with Gasteiger partial charge in [0, 0.05) is 18.8 Å². The molecular formula is C24H23ClN6O5. The standard InChI is InChI=1S/C24H23ClN6O5/c1-13-8-14(4-7-19(13)36-15-5-6-18-16(9-15)28-12-31(18)2)29-22-20(21(25)26-11-27-22)23(33)30-17(10-32)24(34)35-3/h4-9,11-12,17,32H,10H2,1-3H3,(H,30,33)(H,26,27,29)/t17-/m0/s1. The van der Waals surface area contributed by atoms with Gasteiger partial charge in [0.15, 0.2) is 6.04 Å². The van der Waals surface area contributed by atoms with Gasteiger partial charge in [-0.1, -0.05) is 11.6 Å². The van der Waals surface area contributed by atoms with Gasteiger partial charge >= 0.3 is 5.97 Å². The Bertz CT molecular complexity index is 1440. The zero-order chi connectivity index (χ0) is 25.8. The van der Waals surface area contributed by atoms with E-state index in [9.17, 15) is 14.7 Å². The van der Waals surface area contributed by atoms with Crippen molar-refractivity contribution in [1.29, 1.82) is 0 Å². The fourth-order valence-electron chi connectivity index (χ4n) is 3.50. The first-order valence-corrected chi connectivity index (χ1v) is 11.1. The van der Waals surface area contributed by atoms with Gasteiger partial charge in [0.2, 0.25) is 0 Å². The lowest BCUT2D eigenvalue weighted by Crippen LogP contribution is -2.44. The lowest BCUT2D eigenvalue weighted by Gasteiger charge is -2.16. The molecule has 0 aliphatic heterocycles. The van der Waals surface area contributed by atoms with Gasteiger partial charge < -0.3 is 29.8 Å². The number of esters is 1. The Balaban J connectivity index is 1.54. The molecule has 2 aromatic carbocycles. The average Bonchev–Trinajstić information content (AvgIpc) is 3.23. The lowest BCUT2D eigenvalue weighted by atomic mass is 10.2. The Morgan fingerprint density at radius 3 is 2.69 bits per heavy atom. The van der Waals surface area contributed by atoms with E-state index >= 15 is 0 Å². The van der Waals surface area contributed by atoms with E-state index in [0.717, 1.165) is 23.7 Å². The third-order valence-electron chi connectivity index (χ3n) is 5.36. The molecule has 186 valence electrons. The van der Waals surface area contributed by atoms with Gasteiger partial charge in [-0.05, 0) is 42.8 Å². The summed E-state index contributed by atoms with van der Waals surface area (Å²) in [5.41, 5.74) is 3.16. The van der Waals surface area contributed by atoms with Crippen LogP contribution in [-0.2, 0) is 16.6 Å². The normalized spacial score (nSPS) is 11.7. The molecule has 2 heterocycles. The van der Waals surface area contributed by atoms with E-state index in [1.165, 1.54) is 6.33 Å². The third kappa shape index (κ3) is 5.21. The topological polar surface area (TPSA) is 140 Å². The molecule has 4 aromatic rings. The minimum Gasteiger partial charge on any atom is -0.467 e. The van der Waals surface area contributed by atoms with Crippen molar-refractivity contribution in [3.63, 3.8) is 0 Å². The van der Waals surface area contributed by atoms with Gasteiger partial charge in [-0.25, -0.2) is 19.7 Å². The molecular weight excluding hydrogens is 488 g/mol. The van der Waals surface area contributed by atoms with E-state index in [-0.39, 0.29) is 16.5 Å². The number of amides is 1. The van der Waals surface area contributed by atoms with Crippen molar-refractivity contribution in [2.45, 2.75) is 13.0 Å². The summed E-state index contributed by atoms with van der Waals surface area (Å²) in [4.78, 5) is 36.9. The van der Waals surface area contributed by atoms with E-state index in [2.05, 4.69) is 30.3 Å². The summed E-state index contributed by atoms with van der Waals surface area (Å²) in [6.07, 6.45) is 2.94. The van der Waals surface area contributed by atoms with Crippen molar-refractivity contribution in [2.24, 2.45) is 7.05 Å². The van der Waals surface area contributed by atoms with E-state index in [0.29, 0.717) is 17.2 Å². The molecule has 1 amide bonds. The molecule has 0 bridgehead atoms. The molecule has 4 rings (SSSR count). The minimum atomic E-state index is -1.27. The fraction of sp³-hybridized carbons (Fsp3) is 0.208. The number of benzene rings is 2. The van der Waals surface area contributed by atoms with Crippen LogP contribution in [0.4, 0.5) is 11.5 Å². The van der Waals surface area contributed by atoms with Gasteiger partial charge in [-0.3, -0.25) is 4.79 Å². The number of aromatic nitrogens is 4. The molecule has 0 spiro atoms. The number of nitrogens with one attached hydrogen (secondary N) is 2. The first-order chi connectivity index (χ1) is 17.3. The number of nitrogens with zero attached hydrogens (tertiary/aromatic N) is 4. The number of carbonyl (C=O) groups excluding carboxylic acids is 2. The second kappa shape index (κ2) is 10.6. The minimum absolute atomic E-state index is 0.0943. The highest BCUT2D eigenvalue weighted by Crippen LogP contribution is 2.31. The van der Waals surface area contributed by atoms with E-state index < -0.39 is 24.5 Å². The van der Waals surface area contributed by atoms with Gasteiger partial charge in [-0.15, -0.1) is 0 Å². The Kier molecular flexibility index (Phi) is 7.32. The van der Waals surface area contributed by atoms with Gasteiger partial charge in [0.25, 0.3) is 5.91 Å². The summed E-state index contributed by atoms with van der Waals surface area (Å²) in [7, 11) is 3.07. The quantitative estimate of drug-likeness (QED) is 0.241. The molecule has 3 N–H and O–H groups in total. The second-order valence-corrected chi connectivity index (χ2v) is 8.19. The average molecular weight is 511 g/mol. The summed E-state index contributed by atoms with van der Waals surface area (Å²) in [6, 6.07) is 9.76. The van der Waals surface area contributed by atoms with Crippen LogP contribution in [-0.4, -0.2) is 56.3 Å². The predicted molar refractivity (Wildman–Crippen MR) is 133 cm³/mol. The maximum atomic E-state index is 12.8. The Hall–Kier alpha value is -4.22. The number of imidazole rings is 1. The molecule has 0 aliphatic carbocycles. The number of hydrogen-bond donors (Lipinski definition) is 3. The van der Waals surface area contributed by atoms with Crippen LogP contribution in [0, 0.1) is 6.92 Å². The molecule has 12 heteroatoms. The number of aliphatic hydroxyl groups excluding tert-OH is 1. The second-order valence-electron chi connectivity index (χ2n) is 7.83. The predicted octanol–water partition coefficient (Wildman–Crippen LogP) is 3.12. The van der Waals surface area contributed by atoms with Crippen molar-refractivity contribution >= 4 is 46.0 Å². The van der Waals surface area contributed by atoms with E-state index in [1.807, 2.05) is 42.8 Å². The molecule has 0 unspecified atom stereocenters. The summed E-state index contributed by atoms with van der Waals surface area (Å²) >= 11 is 6.16. The molecule has 2 aromatic heterocycles. The van der Waals surface area contributed by atoms with Crippen LogP contribution in [0.1, 0.15) is 15.9 Å². The summed E-state index contributed by atoms with van der Waals surface area (Å²) in [5.74, 6) is -0.160. The highest BCUT2D eigenvalue weighted by molar-refractivity contribution is 6.33. The maximum Gasteiger partial charge on any atom is 0.330 e. The first kappa shape index (κ1) is 24.9. The van der Waals surface area contributed by atoms with Gasteiger partial charge in [0.1, 0.15) is 34.4 Å². The Morgan fingerprint density at radius 1 is 1.17 bits per heavy atom. The molecule has 0 radical (unpaired) electrons. The van der Waals surface area contributed by atoms with Crippen molar-refractivity contribution in [2.75, 3.05) is 19.0 Å². The molecule has 0 saturated heterocycles. The molecule has 0 aliphatic rings. The number of ether oxygens (including phenoxy) is 2. The van der Waals surface area contributed by atoms with E-state index in [1.54, 1.807) is 18.5 Å². The van der Waals surface area contributed by atoms with Crippen molar-refractivity contribution < 1.29 is 24.2 Å². The monoisotopic (exact) mass is 510 g/mol. The molecule has 1 atom stereocenters. The third-order valence-corrected chi connectivity index (χ3v) is 5.65. The smallest absolute Gasteiger partial charge is 0.330 e. The number of hydrogen-bond acceptors (Lipinski definition) is 9. The summed E-state index contributed by atoms with van der Waals surface area (Å²) in [6.45, 7) is 1.23. The van der Waals surface area contributed by atoms with Crippen molar-refractivity contribution in [3.8, 4) is 11.5 Å². The lowest BCUT2D eigenvalue weighted by molar-refractivity contribution is -0.143. The van der Waals surface area contributed by atoms with Gasteiger partial charge in [0.05, 0.1) is 31.1 Å². The number of fused-ring (bicyclic) bond motifs is 1. The Morgan fingerprint density at radius 2 is 1.97 bits per heavy atom. The van der Waals surface area contributed by atoms with Crippen LogP contribution >= 0.6 is 11.6 Å². The zero-order valence-electron chi connectivity index (χ0n) is 19.7. The molecule has 11 nitrogen and oxygen atoms in total. The number of aryl methyl sites for hydroxylation is 2. The maximum absolute atomic E-state index is 12.8. The first-order valence-electron chi connectivity index (χ1n) is 10.8. The van der Waals surface area contributed by atoms with Crippen LogP contribution in [0.2, 0.25) is 5.15 Å². The van der Waals surface area contributed by atoms with Crippen molar-refractivity contribution in [1.82, 2.24) is 24.8 Å². The molecule has 0 saturated carbocycles. The summed E-state index contributed by atoms with van der Waals surface area (Å²) in [5, 5.41) is 14.7. The highest BCUT2D eigenvalue weighted by Gasteiger charge is 2.25. The van der Waals surface area contributed by atoms with Crippen LogP contribution in [0.3, 0.4) is 0 Å². The number of rotatable bonds is 8. The molecule has 0 fully saturated rings. The van der Waals surface area contributed by atoms with Crippen LogP contribution < -0.4 is 15.4 Å². The number of halogens is 1. The van der Waals surface area contributed by atoms with Crippen LogP contribution in [0.5, 0.6) is 11.5 Å².